The summed E-state index contributed by atoms with van der Waals surface area (Å²) >= 11 is 5.59. The zero-order chi connectivity index (χ0) is 17.6. The highest BCUT2D eigenvalue weighted by molar-refractivity contribution is 7.80. The van der Waals surface area contributed by atoms with Gasteiger partial charge in [0, 0.05) is 17.5 Å². The van der Waals surface area contributed by atoms with Crippen molar-refractivity contribution >= 4 is 44.5 Å². The minimum absolute atomic E-state index is 0.121. The third kappa shape index (κ3) is 2.61. The molecule has 0 atom stereocenters. The summed E-state index contributed by atoms with van der Waals surface area (Å²) in [5.41, 5.74) is 2.50. The smallest absolute Gasteiger partial charge is 0.228 e. The molecular weight excluding hydrogens is 358 g/mol. The first-order valence-corrected chi connectivity index (χ1v) is 10.5. The molecule has 0 fully saturated rings. The van der Waals surface area contributed by atoms with E-state index in [0.717, 1.165) is 25.5 Å². The Morgan fingerprint density at radius 1 is 1.33 bits per heavy atom. The van der Waals surface area contributed by atoms with E-state index in [2.05, 4.69) is 27.7 Å². The molecule has 0 spiro atoms. The van der Waals surface area contributed by atoms with E-state index in [1.165, 1.54) is 0 Å². The topological polar surface area (TPSA) is 29.5 Å². The average molecular weight is 380 g/mol. The van der Waals surface area contributed by atoms with Crippen molar-refractivity contribution in [3.05, 3.63) is 26.9 Å². The Morgan fingerprint density at radius 3 is 2.67 bits per heavy atom. The van der Waals surface area contributed by atoms with Crippen LogP contribution >= 0.6 is 32.9 Å². The molecule has 1 aromatic carbocycles. The minimum Gasteiger partial charge on any atom is -0.495 e. The molecule has 6 heteroatoms. The molecule has 0 saturated carbocycles. The maximum atomic E-state index is 13.1. The molecule has 1 aromatic heterocycles. The maximum absolute atomic E-state index is 13.1. The van der Waals surface area contributed by atoms with Gasteiger partial charge in [-0.2, -0.15) is 0 Å². The Morgan fingerprint density at radius 2 is 2.04 bits per heavy atom. The molecule has 3 rings (SSSR count). The first kappa shape index (κ1) is 17.6. The fraction of sp³-hybridized carbons (Fsp3) is 0.444. The maximum Gasteiger partial charge on any atom is 0.228 e. The zero-order valence-corrected chi connectivity index (χ0v) is 17.0. The van der Waals surface area contributed by atoms with Crippen molar-refractivity contribution in [1.82, 2.24) is 0 Å². The number of hydrogen-bond acceptors (Lipinski definition) is 5. The standard InChI is InChI=1S/C18H21NO2S3/c1-10(2)9-13(20)19-15-11(7-6-8-12(15)21-5)14-16(18(19,3)4)23-24-17(14)22/h6-8,10H,9H2,1-5H3. The van der Waals surface area contributed by atoms with Crippen LogP contribution in [0.1, 0.15) is 39.0 Å². The van der Waals surface area contributed by atoms with Crippen LogP contribution in [0.4, 0.5) is 5.69 Å². The van der Waals surface area contributed by atoms with Crippen LogP contribution in [0.25, 0.3) is 11.1 Å². The number of methoxy groups -OCH3 is 1. The van der Waals surface area contributed by atoms with E-state index in [1.807, 2.05) is 23.1 Å². The number of benzene rings is 1. The molecule has 0 N–H and O–H groups in total. The van der Waals surface area contributed by atoms with E-state index in [9.17, 15) is 4.79 Å². The second kappa shape index (κ2) is 6.24. The molecule has 0 saturated heterocycles. The normalized spacial score (nSPS) is 15.2. The molecule has 0 aliphatic carbocycles. The molecule has 1 aliphatic rings. The highest BCUT2D eigenvalue weighted by Gasteiger charge is 2.44. The molecule has 0 unspecified atom stereocenters. The van der Waals surface area contributed by atoms with Crippen LogP contribution in [0.3, 0.4) is 0 Å². The van der Waals surface area contributed by atoms with Gasteiger partial charge in [-0.3, -0.25) is 9.69 Å². The summed E-state index contributed by atoms with van der Waals surface area (Å²) < 4.78 is 6.48. The van der Waals surface area contributed by atoms with Crippen LogP contribution in [-0.4, -0.2) is 13.0 Å². The van der Waals surface area contributed by atoms with Crippen LogP contribution in [0, 0.1) is 9.74 Å². The minimum atomic E-state index is -0.443. The summed E-state index contributed by atoms with van der Waals surface area (Å²) in [4.78, 5) is 16.2. The number of carbonyl (C=O) groups excluding carboxylic acids is 1. The quantitative estimate of drug-likeness (QED) is 0.495. The molecule has 0 radical (unpaired) electrons. The van der Waals surface area contributed by atoms with Crippen molar-refractivity contribution in [1.29, 1.82) is 0 Å². The van der Waals surface area contributed by atoms with Crippen LogP contribution in [-0.2, 0) is 10.3 Å². The number of para-hydroxylation sites is 1. The lowest BCUT2D eigenvalue weighted by molar-refractivity contribution is -0.120. The number of fused-ring (bicyclic) bond motifs is 3. The molecular formula is C18H21NO2S3. The zero-order valence-electron chi connectivity index (χ0n) is 14.5. The van der Waals surface area contributed by atoms with Gasteiger partial charge in [0.1, 0.15) is 9.57 Å². The van der Waals surface area contributed by atoms with Crippen LogP contribution < -0.4 is 9.64 Å². The van der Waals surface area contributed by atoms with Gasteiger partial charge in [0.05, 0.1) is 23.2 Å². The molecule has 1 amide bonds. The highest BCUT2D eigenvalue weighted by atomic mass is 32.9. The first-order valence-electron chi connectivity index (χ1n) is 7.93. The Hall–Kier alpha value is -1.24. The van der Waals surface area contributed by atoms with Crippen molar-refractivity contribution in [3.8, 4) is 16.9 Å². The van der Waals surface area contributed by atoms with Crippen molar-refractivity contribution in [2.24, 2.45) is 5.92 Å². The summed E-state index contributed by atoms with van der Waals surface area (Å²) in [5.74, 6) is 1.14. The lowest BCUT2D eigenvalue weighted by Crippen LogP contribution is -2.48. The number of nitrogens with zero attached hydrogens (tertiary/aromatic N) is 1. The monoisotopic (exact) mass is 379 g/mol. The summed E-state index contributed by atoms with van der Waals surface area (Å²) in [6, 6.07) is 5.91. The van der Waals surface area contributed by atoms with E-state index >= 15 is 0 Å². The van der Waals surface area contributed by atoms with E-state index in [-0.39, 0.29) is 5.91 Å². The van der Waals surface area contributed by atoms with Crippen molar-refractivity contribution in [3.63, 3.8) is 0 Å². The fourth-order valence-corrected chi connectivity index (χ4v) is 6.55. The number of rotatable bonds is 3. The van der Waals surface area contributed by atoms with Gasteiger partial charge in [-0.05, 0) is 25.8 Å². The molecule has 1 aliphatic heterocycles. The van der Waals surface area contributed by atoms with E-state index < -0.39 is 5.54 Å². The average Bonchev–Trinajstić information content (AvgIpc) is 2.89. The molecule has 24 heavy (non-hydrogen) atoms. The molecule has 3 nitrogen and oxygen atoms in total. The van der Waals surface area contributed by atoms with Gasteiger partial charge in [-0.15, -0.1) is 0 Å². The Balaban J connectivity index is 2.32. The first-order chi connectivity index (χ1) is 11.3. The number of ether oxygens (including phenoxy) is 1. The lowest BCUT2D eigenvalue weighted by Gasteiger charge is -2.43. The van der Waals surface area contributed by atoms with Crippen molar-refractivity contribution < 1.29 is 9.53 Å². The van der Waals surface area contributed by atoms with Crippen molar-refractivity contribution in [2.75, 3.05) is 12.0 Å². The van der Waals surface area contributed by atoms with Gasteiger partial charge in [-0.25, -0.2) is 0 Å². The summed E-state index contributed by atoms with van der Waals surface area (Å²) in [6.07, 6.45) is 0.506. The van der Waals surface area contributed by atoms with Crippen LogP contribution in [0.5, 0.6) is 5.75 Å². The highest BCUT2D eigenvalue weighted by Crippen LogP contribution is 2.55. The predicted molar refractivity (Wildman–Crippen MR) is 105 cm³/mol. The van der Waals surface area contributed by atoms with Crippen molar-refractivity contribution in [2.45, 2.75) is 39.7 Å². The summed E-state index contributed by atoms with van der Waals surface area (Å²) in [5, 5.41) is 0. The van der Waals surface area contributed by atoms with Gasteiger partial charge >= 0.3 is 0 Å². The number of carbonyl (C=O) groups is 1. The van der Waals surface area contributed by atoms with Gasteiger partial charge in [0.15, 0.2) is 0 Å². The second-order valence-electron chi connectivity index (χ2n) is 6.90. The van der Waals surface area contributed by atoms with Crippen LogP contribution in [0.2, 0.25) is 0 Å². The molecule has 2 heterocycles. The van der Waals surface area contributed by atoms with E-state index in [1.54, 1.807) is 27.8 Å². The molecule has 2 aromatic rings. The van der Waals surface area contributed by atoms with Gasteiger partial charge in [-0.1, -0.05) is 58.9 Å². The van der Waals surface area contributed by atoms with E-state index in [0.29, 0.717) is 18.1 Å². The third-order valence-electron chi connectivity index (χ3n) is 4.29. The predicted octanol–water partition coefficient (Wildman–Crippen LogP) is 5.84. The second-order valence-corrected chi connectivity index (χ2v) is 9.72. The summed E-state index contributed by atoms with van der Waals surface area (Å²) in [6.45, 7) is 8.32. The number of amides is 1. The number of hydrogen-bond donors (Lipinski definition) is 0. The largest absolute Gasteiger partial charge is 0.495 e. The number of anilines is 1. The van der Waals surface area contributed by atoms with Gasteiger partial charge in [0.25, 0.3) is 0 Å². The summed E-state index contributed by atoms with van der Waals surface area (Å²) in [7, 11) is 4.93. The fourth-order valence-electron chi connectivity index (χ4n) is 3.27. The molecule has 128 valence electrons. The van der Waals surface area contributed by atoms with E-state index in [4.69, 9.17) is 17.0 Å². The molecule has 0 bridgehead atoms. The SMILES string of the molecule is COc1cccc2c1N(C(=O)CC(C)C)C(C)(C)c1ssc(=S)c1-2. The van der Waals surface area contributed by atoms with Gasteiger partial charge < -0.3 is 4.74 Å². The Bertz CT molecular complexity index is 848. The van der Waals surface area contributed by atoms with Gasteiger partial charge in [0.2, 0.25) is 5.91 Å². The lowest BCUT2D eigenvalue weighted by atomic mass is 9.86. The Labute approximate surface area is 155 Å². The van der Waals surface area contributed by atoms with Crippen LogP contribution in [0.15, 0.2) is 18.2 Å². The third-order valence-corrected chi connectivity index (χ3v) is 7.62. The Kier molecular flexibility index (Phi) is 4.57.